The fourth-order valence-corrected chi connectivity index (χ4v) is 2.43. The van der Waals surface area contributed by atoms with Gasteiger partial charge in [0.1, 0.15) is 11.5 Å². The van der Waals surface area contributed by atoms with Crippen molar-refractivity contribution in [3.05, 3.63) is 23.8 Å². The number of carbonyl (C=O) groups excluding carboxylic acids is 1. The lowest BCUT2D eigenvalue weighted by atomic mass is 9.97. The fourth-order valence-electron chi connectivity index (χ4n) is 2.43. The number of phenolic OH excluding ortho intramolecular Hbond substituents is 1. The molecular formula is C14H20N2O3. The van der Waals surface area contributed by atoms with Crippen LogP contribution >= 0.6 is 0 Å². The lowest BCUT2D eigenvalue weighted by molar-refractivity contribution is 0.0675. The third-order valence-corrected chi connectivity index (χ3v) is 3.57. The molecule has 5 nitrogen and oxygen atoms in total. The number of phenols is 1. The molecule has 3 N–H and O–H groups in total. The number of nitrogens with two attached hydrogens (primary N) is 1. The zero-order valence-electron chi connectivity index (χ0n) is 11.1. The zero-order valence-corrected chi connectivity index (χ0v) is 11.1. The number of likely N-dealkylation sites (tertiary alicyclic amines) is 1. The number of ether oxygens (including phenoxy) is 1. The Balaban J connectivity index is 2.18. The van der Waals surface area contributed by atoms with Gasteiger partial charge in [-0.05, 0) is 43.5 Å². The summed E-state index contributed by atoms with van der Waals surface area (Å²) in [6.45, 7) is 1.96. The normalized spacial score (nSPS) is 19.3. The van der Waals surface area contributed by atoms with Crippen LogP contribution in [0.2, 0.25) is 0 Å². The second-order valence-corrected chi connectivity index (χ2v) is 4.88. The van der Waals surface area contributed by atoms with E-state index in [1.807, 2.05) is 0 Å². The molecule has 1 fully saturated rings. The van der Waals surface area contributed by atoms with Crippen molar-refractivity contribution in [3.63, 3.8) is 0 Å². The van der Waals surface area contributed by atoms with Crippen molar-refractivity contribution in [2.24, 2.45) is 11.7 Å². The van der Waals surface area contributed by atoms with Crippen LogP contribution in [0.4, 0.5) is 0 Å². The molecule has 0 bridgehead atoms. The van der Waals surface area contributed by atoms with Crippen LogP contribution in [0.1, 0.15) is 23.2 Å². The molecule has 0 aliphatic carbocycles. The first kappa shape index (κ1) is 13.7. The average molecular weight is 264 g/mol. The lowest BCUT2D eigenvalue weighted by Crippen LogP contribution is -2.42. The lowest BCUT2D eigenvalue weighted by Gasteiger charge is -2.32. The highest BCUT2D eigenvalue weighted by Gasteiger charge is 2.25. The highest BCUT2D eigenvalue weighted by molar-refractivity contribution is 5.97. The molecule has 0 aromatic heterocycles. The highest BCUT2D eigenvalue weighted by atomic mass is 16.5. The van der Waals surface area contributed by atoms with E-state index in [0.29, 0.717) is 31.3 Å². The van der Waals surface area contributed by atoms with Crippen molar-refractivity contribution in [2.75, 3.05) is 26.7 Å². The van der Waals surface area contributed by atoms with Gasteiger partial charge in [0.25, 0.3) is 5.91 Å². The van der Waals surface area contributed by atoms with Crippen LogP contribution in [0, 0.1) is 5.92 Å². The van der Waals surface area contributed by atoms with Gasteiger partial charge in [-0.25, -0.2) is 0 Å². The smallest absolute Gasteiger partial charge is 0.257 e. The zero-order chi connectivity index (χ0) is 13.8. The summed E-state index contributed by atoms with van der Waals surface area (Å²) < 4.78 is 5.09. The Morgan fingerprint density at radius 2 is 2.37 bits per heavy atom. The molecule has 104 valence electrons. The SMILES string of the molecule is COc1ccc(O)c(C(=O)N2CCCC(CN)C2)c1. The largest absolute Gasteiger partial charge is 0.507 e. The number of rotatable bonds is 3. The minimum atomic E-state index is -0.158. The molecular weight excluding hydrogens is 244 g/mol. The van der Waals surface area contributed by atoms with Crippen LogP contribution in [-0.2, 0) is 0 Å². The Labute approximate surface area is 113 Å². The molecule has 1 aromatic rings. The highest BCUT2D eigenvalue weighted by Crippen LogP contribution is 2.26. The molecule has 0 saturated carbocycles. The Hall–Kier alpha value is -1.75. The molecule has 1 heterocycles. The van der Waals surface area contributed by atoms with E-state index in [9.17, 15) is 9.90 Å². The van der Waals surface area contributed by atoms with Crippen LogP contribution < -0.4 is 10.5 Å². The number of hydrogen-bond donors (Lipinski definition) is 2. The third kappa shape index (κ3) is 2.98. The molecule has 1 atom stereocenters. The van der Waals surface area contributed by atoms with Crippen LogP contribution in [-0.4, -0.2) is 42.7 Å². The number of amides is 1. The van der Waals surface area contributed by atoms with E-state index < -0.39 is 0 Å². The maximum atomic E-state index is 12.4. The van der Waals surface area contributed by atoms with Gasteiger partial charge in [-0.15, -0.1) is 0 Å². The summed E-state index contributed by atoms with van der Waals surface area (Å²) in [5.74, 6) is 0.745. The summed E-state index contributed by atoms with van der Waals surface area (Å²) in [5.41, 5.74) is 5.96. The molecule has 1 unspecified atom stereocenters. The van der Waals surface area contributed by atoms with Crippen LogP contribution in [0.5, 0.6) is 11.5 Å². The number of hydrogen-bond acceptors (Lipinski definition) is 4. The van der Waals surface area contributed by atoms with Crippen molar-refractivity contribution < 1.29 is 14.6 Å². The Bertz CT molecular complexity index is 462. The minimum absolute atomic E-state index is 0.0133. The molecule has 2 rings (SSSR count). The second kappa shape index (κ2) is 5.93. The van der Waals surface area contributed by atoms with Crippen molar-refractivity contribution in [1.29, 1.82) is 0 Å². The van der Waals surface area contributed by atoms with Gasteiger partial charge in [0.15, 0.2) is 0 Å². The minimum Gasteiger partial charge on any atom is -0.507 e. The maximum absolute atomic E-state index is 12.4. The first-order valence-electron chi connectivity index (χ1n) is 6.52. The van der Waals surface area contributed by atoms with Gasteiger partial charge in [-0.1, -0.05) is 0 Å². The standard InChI is InChI=1S/C14H20N2O3/c1-19-11-4-5-13(17)12(7-11)14(18)16-6-2-3-10(8-15)9-16/h4-5,7,10,17H,2-3,6,8-9,15H2,1H3. The molecule has 1 saturated heterocycles. The number of nitrogens with zero attached hydrogens (tertiary/aromatic N) is 1. The van der Waals surface area contributed by atoms with E-state index in [0.717, 1.165) is 12.8 Å². The van der Waals surface area contributed by atoms with Crippen molar-refractivity contribution >= 4 is 5.91 Å². The summed E-state index contributed by atoms with van der Waals surface area (Å²) in [4.78, 5) is 14.2. The molecule has 1 aliphatic rings. The number of benzene rings is 1. The first-order valence-corrected chi connectivity index (χ1v) is 6.52. The van der Waals surface area contributed by atoms with Gasteiger partial charge in [-0.3, -0.25) is 4.79 Å². The number of piperidine rings is 1. The predicted octanol–water partition coefficient (Wildman–Crippen LogP) is 1.21. The quantitative estimate of drug-likeness (QED) is 0.860. The Morgan fingerprint density at radius 3 is 3.05 bits per heavy atom. The van der Waals surface area contributed by atoms with Crippen LogP contribution in [0.25, 0.3) is 0 Å². The van der Waals surface area contributed by atoms with Crippen molar-refractivity contribution in [1.82, 2.24) is 4.90 Å². The first-order chi connectivity index (χ1) is 9.15. The van der Waals surface area contributed by atoms with E-state index in [2.05, 4.69) is 0 Å². The Morgan fingerprint density at radius 1 is 1.58 bits per heavy atom. The summed E-state index contributed by atoms with van der Waals surface area (Å²) in [7, 11) is 1.53. The van der Waals surface area contributed by atoms with E-state index in [1.54, 1.807) is 17.0 Å². The number of carbonyl (C=O) groups is 1. The monoisotopic (exact) mass is 264 g/mol. The average Bonchev–Trinajstić information content (AvgIpc) is 2.47. The fraction of sp³-hybridized carbons (Fsp3) is 0.500. The van der Waals surface area contributed by atoms with Gasteiger partial charge in [0.05, 0.1) is 12.7 Å². The molecule has 1 aliphatic heterocycles. The molecule has 1 aromatic carbocycles. The summed E-state index contributed by atoms with van der Waals surface area (Å²) in [6, 6.07) is 4.69. The maximum Gasteiger partial charge on any atom is 0.257 e. The Kier molecular flexibility index (Phi) is 4.27. The third-order valence-electron chi connectivity index (χ3n) is 3.57. The van der Waals surface area contributed by atoms with Crippen LogP contribution in [0.15, 0.2) is 18.2 Å². The summed E-state index contributed by atoms with van der Waals surface area (Å²) in [5, 5.41) is 9.83. The van der Waals surface area contributed by atoms with Gasteiger partial charge >= 0.3 is 0 Å². The van der Waals surface area contributed by atoms with Gasteiger partial charge < -0.3 is 20.5 Å². The summed E-state index contributed by atoms with van der Waals surface area (Å²) in [6.07, 6.45) is 2.02. The number of aromatic hydroxyl groups is 1. The van der Waals surface area contributed by atoms with Crippen molar-refractivity contribution in [3.8, 4) is 11.5 Å². The van der Waals surface area contributed by atoms with E-state index in [4.69, 9.17) is 10.5 Å². The molecule has 0 radical (unpaired) electrons. The molecule has 1 amide bonds. The van der Waals surface area contributed by atoms with Gasteiger partial charge in [0.2, 0.25) is 0 Å². The van der Waals surface area contributed by atoms with Gasteiger partial charge in [0, 0.05) is 13.1 Å². The van der Waals surface area contributed by atoms with E-state index in [-0.39, 0.29) is 17.2 Å². The molecule has 5 heteroatoms. The number of methoxy groups -OCH3 is 1. The predicted molar refractivity (Wildman–Crippen MR) is 72.3 cm³/mol. The van der Waals surface area contributed by atoms with Gasteiger partial charge in [-0.2, -0.15) is 0 Å². The molecule has 19 heavy (non-hydrogen) atoms. The molecule has 0 spiro atoms. The summed E-state index contributed by atoms with van der Waals surface area (Å²) >= 11 is 0. The second-order valence-electron chi connectivity index (χ2n) is 4.88. The van der Waals surface area contributed by atoms with Crippen molar-refractivity contribution in [2.45, 2.75) is 12.8 Å². The van der Waals surface area contributed by atoms with Crippen LogP contribution in [0.3, 0.4) is 0 Å². The topological polar surface area (TPSA) is 75.8 Å². The van der Waals surface area contributed by atoms with E-state index >= 15 is 0 Å². The van der Waals surface area contributed by atoms with E-state index in [1.165, 1.54) is 13.2 Å².